The first-order chi connectivity index (χ1) is 7.75. The van der Waals surface area contributed by atoms with Crippen LogP contribution in [0.25, 0.3) is 0 Å². The van der Waals surface area contributed by atoms with Gasteiger partial charge in [-0.3, -0.25) is 0 Å². The van der Waals surface area contributed by atoms with Crippen molar-refractivity contribution in [3.63, 3.8) is 0 Å². The van der Waals surface area contributed by atoms with Gasteiger partial charge >= 0.3 is 108 Å². The van der Waals surface area contributed by atoms with Crippen LogP contribution in [0.15, 0.2) is 54.6 Å². The molecule has 0 spiro atoms. The Balaban J connectivity index is 2.09. The van der Waals surface area contributed by atoms with Gasteiger partial charge < -0.3 is 0 Å². The Morgan fingerprint density at radius 3 is 2.19 bits per heavy atom. The Labute approximate surface area is 108 Å². The molecule has 0 amide bonds. The van der Waals surface area contributed by atoms with E-state index in [9.17, 15) is 0 Å². The summed E-state index contributed by atoms with van der Waals surface area (Å²) >= 11 is 6.36. The number of hydrogen-bond acceptors (Lipinski definition) is 0. The maximum atomic E-state index is 5.88. The van der Waals surface area contributed by atoms with Gasteiger partial charge in [0.15, 0.2) is 0 Å². The van der Waals surface area contributed by atoms with Crippen LogP contribution < -0.4 is 4.46 Å². The molecule has 0 aliphatic carbocycles. The van der Waals surface area contributed by atoms with Crippen LogP contribution in [0.3, 0.4) is 0 Å². The van der Waals surface area contributed by atoms with E-state index >= 15 is 0 Å². The second-order valence-electron chi connectivity index (χ2n) is 3.62. The predicted molar refractivity (Wildman–Crippen MR) is 71.7 cm³/mol. The average molecular weight is 296 g/mol. The Hall–Kier alpha value is -0.751. The molecule has 2 heteroatoms. The van der Waals surface area contributed by atoms with E-state index in [1.54, 1.807) is 0 Å². The molecule has 0 radical (unpaired) electrons. The molecular formula is C14H13ClSe. The normalized spacial score (nSPS) is 12.4. The van der Waals surface area contributed by atoms with E-state index in [2.05, 4.69) is 49.4 Å². The summed E-state index contributed by atoms with van der Waals surface area (Å²) in [6.45, 7) is 2.27. The molecule has 1 unspecified atom stereocenters. The first-order valence-corrected chi connectivity index (χ1v) is 7.45. The van der Waals surface area contributed by atoms with E-state index in [0.29, 0.717) is 19.8 Å². The van der Waals surface area contributed by atoms with Gasteiger partial charge in [0.05, 0.1) is 0 Å². The Morgan fingerprint density at radius 1 is 0.938 bits per heavy atom. The van der Waals surface area contributed by atoms with Crippen molar-refractivity contribution < 1.29 is 0 Å². The molecule has 0 aromatic heterocycles. The van der Waals surface area contributed by atoms with Gasteiger partial charge in [-0.05, 0) is 0 Å². The molecule has 0 saturated heterocycles. The van der Waals surface area contributed by atoms with Gasteiger partial charge in [-0.2, -0.15) is 0 Å². The van der Waals surface area contributed by atoms with Gasteiger partial charge in [-0.15, -0.1) is 0 Å². The van der Waals surface area contributed by atoms with E-state index in [0.717, 1.165) is 5.02 Å². The van der Waals surface area contributed by atoms with Crippen molar-refractivity contribution >= 4 is 31.0 Å². The number of halogens is 1. The quantitative estimate of drug-likeness (QED) is 0.761. The van der Waals surface area contributed by atoms with Gasteiger partial charge in [0, 0.05) is 0 Å². The van der Waals surface area contributed by atoms with Gasteiger partial charge in [0.2, 0.25) is 0 Å². The van der Waals surface area contributed by atoms with E-state index in [1.807, 2.05) is 12.1 Å². The number of rotatable bonds is 3. The molecule has 0 N–H and O–H groups in total. The molecule has 0 saturated carbocycles. The molecule has 0 nitrogen and oxygen atoms in total. The zero-order valence-electron chi connectivity index (χ0n) is 9.06. The van der Waals surface area contributed by atoms with Crippen molar-refractivity contribution in [3.8, 4) is 0 Å². The monoisotopic (exact) mass is 296 g/mol. The summed E-state index contributed by atoms with van der Waals surface area (Å²) in [5, 5.41) is 0.808. The van der Waals surface area contributed by atoms with Crippen molar-refractivity contribution in [2.45, 2.75) is 11.7 Å². The predicted octanol–water partition coefficient (Wildman–Crippen LogP) is 3.43. The fourth-order valence-electron chi connectivity index (χ4n) is 1.51. The third kappa shape index (κ3) is 3.12. The van der Waals surface area contributed by atoms with Crippen LogP contribution in [0, 0.1) is 0 Å². The van der Waals surface area contributed by atoms with E-state index in [1.165, 1.54) is 10.0 Å². The molecule has 2 rings (SSSR count). The first-order valence-electron chi connectivity index (χ1n) is 5.23. The summed E-state index contributed by atoms with van der Waals surface area (Å²) in [4.78, 5) is 0.590. The maximum absolute atomic E-state index is 5.88. The van der Waals surface area contributed by atoms with Crippen molar-refractivity contribution in [3.05, 3.63) is 65.2 Å². The minimum atomic E-state index is 0.481. The summed E-state index contributed by atoms with van der Waals surface area (Å²) in [5.41, 5.74) is 1.37. The van der Waals surface area contributed by atoms with Gasteiger partial charge in [0.25, 0.3) is 0 Å². The molecule has 0 aliphatic rings. The molecule has 82 valence electrons. The van der Waals surface area contributed by atoms with Gasteiger partial charge in [0.1, 0.15) is 0 Å². The summed E-state index contributed by atoms with van der Waals surface area (Å²) in [6, 6.07) is 18.8. The minimum absolute atomic E-state index is 0.481. The Bertz CT molecular complexity index is 436. The number of benzene rings is 2. The zero-order chi connectivity index (χ0) is 11.4. The van der Waals surface area contributed by atoms with Crippen LogP contribution in [-0.2, 0) is 0 Å². The molecule has 0 aliphatic heterocycles. The van der Waals surface area contributed by atoms with Crippen LogP contribution in [0.5, 0.6) is 0 Å². The standard InChI is InChI=1S/C14H13ClSe/c1-11(12-7-9-13(15)10-8-12)16-14-5-3-2-4-6-14/h2-11H,1H3. The van der Waals surface area contributed by atoms with Crippen LogP contribution in [-0.4, -0.2) is 15.0 Å². The van der Waals surface area contributed by atoms with Crippen LogP contribution >= 0.6 is 11.6 Å². The summed E-state index contributed by atoms with van der Waals surface area (Å²) in [7, 11) is 0. The van der Waals surface area contributed by atoms with Crippen LogP contribution in [0.4, 0.5) is 0 Å². The van der Waals surface area contributed by atoms with Crippen molar-refractivity contribution in [2.24, 2.45) is 0 Å². The topological polar surface area (TPSA) is 0 Å². The summed E-state index contributed by atoms with van der Waals surface area (Å²) in [6.07, 6.45) is 0. The van der Waals surface area contributed by atoms with Crippen LogP contribution in [0.1, 0.15) is 17.3 Å². The zero-order valence-corrected chi connectivity index (χ0v) is 11.5. The third-order valence-electron chi connectivity index (χ3n) is 2.40. The molecule has 16 heavy (non-hydrogen) atoms. The molecule has 0 bridgehead atoms. The molecule has 0 fully saturated rings. The fourth-order valence-corrected chi connectivity index (χ4v) is 3.76. The fraction of sp³-hybridized carbons (Fsp3) is 0.143. The average Bonchev–Trinajstić information content (AvgIpc) is 2.31. The van der Waals surface area contributed by atoms with Crippen LogP contribution in [0.2, 0.25) is 5.02 Å². The summed E-state index contributed by atoms with van der Waals surface area (Å²) < 4.78 is 1.44. The van der Waals surface area contributed by atoms with E-state index < -0.39 is 0 Å². The molecule has 1 atom stereocenters. The molecule has 2 aromatic rings. The molecular weight excluding hydrogens is 283 g/mol. The molecule has 0 heterocycles. The third-order valence-corrected chi connectivity index (χ3v) is 5.10. The second-order valence-corrected chi connectivity index (χ2v) is 7.03. The van der Waals surface area contributed by atoms with Crippen molar-refractivity contribution in [1.82, 2.24) is 0 Å². The molecule has 2 aromatic carbocycles. The Kier molecular flexibility index (Phi) is 4.06. The van der Waals surface area contributed by atoms with E-state index in [-0.39, 0.29) is 0 Å². The van der Waals surface area contributed by atoms with Crippen molar-refractivity contribution in [1.29, 1.82) is 0 Å². The van der Waals surface area contributed by atoms with E-state index in [4.69, 9.17) is 11.6 Å². The van der Waals surface area contributed by atoms with Crippen molar-refractivity contribution in [2.75, 3.05) is 0 Å². The van der Waals surface area contributed by atoms with Gasteiger partial charge in [-0.25, -0.2) is 0 Å². The van der Waals surface area contributed by atoms with Gasteiger partial charge in [-0.1, -0.05) is 0 Å². The SMILES string of the molecule is CC([Se]c1ccccc1)c1ccc(Cl)cc1. The second kappa shape index (κ2) is 5.54. The Morgan fingerprint density at radius 2 is 1.56 bits per heavy atom. The number of hydrogen-bond donors (Lipinski definition) is 0. The summed E-state index contributed by atoms with van der Waals surface area (Å²) in [5.74, 6) is 0. The first kappa shape index (κ1) is 11.7.